The molecule has 212 valence electrons. The van der Waals surface area contributed by atoms with E-state index in [0.29, 0.717) is 5.69 Å². The number of hydrogen-bond donors (Lipinski definition) is 3. The molecule has 3 atom stereocenters. The van der Waals surface area contributed by atoms with Gasteiger partial charge in [-0.05, 0) is 48.1 Å². The number of rotatable bonds is 13. The van der Waals surface area contributed by atoms with Crippen molar-refractivity contribution in [2.45, 2.75) is 39.7 Å². The lowest BCUT2D eigenvalue weighted by Gasteiger charge is -2.32. The fraction of sp³-hybridized carbons (Fsp3) is 0.323. The minimum atomic E-state index is -3.98. The van der Waals surface area contributed by atoms with Crippen molar-refractivity contribution in [3.05, 3.63) is 90.5 Å². The summed E-state index contributed by atoms with van der Waals surface area (Å²) in [5, 5.41) is 12.3. The third kappa shape index (κ3) is 8.90. The van der Waals surface area contributed by atoms with E-state index in [2.05, 4.69) is 5.32 Å². The van der Waals surface area contributed by atoms with Gasteiger partial charge in [-0.25, -0.2) is 4.79 Å². The number of carbonyl (C=O) groups excluding carboxylic acids is 2. The van der Waals surface area contributed by atoms with Gasteiger partial charge in [-0.3, -0.25) is 19.1 Å². The van der Waals surface area contributed by atoms with E-state index in [9.17, 15) is 28.9 Å². The fourth-order valence-corrected chi connectivity index (χ4v) is 6.13. The van der Waals surface area contributed by atoms with Crippen molar-refractivity contribution in [2.75, 3.05) is 17.3 Å². The molecule has 9 heteroatoms. The molecule has 8 nitrogen and oxygen atoms in total. The molecular formula is C31H37N2O6P. The van der Waals surface area contributed by atoms with Gasteiger partial charge in [0.2, 0.25) is 19.2 Å². The lowest BCUT2D eigenvalue weighted by molar-refractivity contribution is -0.140. The molecule has 3 N–H and O–H groups in total. The number of carboxylic acid groups (broad SMARTS) is 1. The van der Waals surface area contributed by atoms with Crippen LogP contribution in [0.25, 0.3) is 11.1 Å². The first kappa shape index (κ1) is 30.8. The maximum Gasteiger partial charge on any atom is 0.326 e. The predicted molar refractivity (Wildman–Crippen MR) is 157 cm³/mol. The maximum atomic E-state index is 13.9. The summed E-state index contributed by atoms with van der Waals surface area (Å²) in [6.45, 7) is 5.20. The zero-order valence-corrected chi connectivity index (χ0v) is 24.0. The highest BCUT2D eigenvalue weighted by molar-refractivity contribution is 7.58. The van der Waals surface area contributed by atoms with Crippen molar-refractivity contribution in [1.29, 1.82) is 0 Å². The quantitative estimate of drug-likeness (QED) is 0.239. The van der Waals surface area contributed by atoms with Crippen molar-refractivity contribution in [2.24, 2.45) is 11.8 Å². The first-order valence-electron chi connectivity index (χ1n) is 13.3. The number of hydrogen-bond acceptors (Lipinski definition) is 4. The largest absolute Gasteiger partial charge is 0.480 e. The summed E-state index contributed by atoms with van der Waals surface area (Å²) >= 11 is 0. The molecule has 40 heavy (non-hydrogen) atoms. The Morgan fingerprint density at radius 2 is 1.40 bits per heavy atom. The van der Waals surface area contributed by atoms with E-state index < -0.39 is 43.4 Å². The molecular weight excluding hydrogens is 527 g/mol. The topological polar surface area (TPSA) is 124 Å². The summed E-state index contributed by atoms with van der Waals surface area (Å²) < 4.78 is 13.2. The number of nitrogens with one attached hydrogen (secondary N) is 1. The molecule has 0 aliphatic heterocycles. The van der Waals surface area contributed by atoms with Gasteiger partial charge in [-0.15, -0.1) is 0 Å². The van der Waals surface area contributed by atoms with Gasteiger partial charge in [0.15, 0.2) is 0 Å². The van der Waals surface area contributed by atoms with Crippen molar-refractivity contribution in [3.8, 4) is 11.1 Å². The molecule has 2 unspecified atom stereocenters. The molecule has 3 aromatic rings. The summed E-state index contributed by atoms with van der Waals surface area (Å²) in [5.74, 6) is -3.04. The average Bonchev–Trinajstić information content (AvgIpc) is 2.92. The molecule has 0 bridgehead atoms. The number of carbonyl (C=O) groups is 3. The number of amides is 2. The first-order valence-corrected chi connectivity index (χ1v) is 15.3. The maximum absolute atomic E-state index is 13.9. The van der Waals surface area contributed by atoms with Crippen molar-refractivity contribution >= 4 is 30.8 Å². The van der Waals surface area contributed by atoms with Crippen molar-refractivity contribution in [1.82, 2.24) is 5.32 Å². The molecule has 0 fully saturated rings. The van der Waals surface area contributed by atoms with Crippen LogP contribution in [0.3, 0.4) is 0 Å². The Balaban J connectivity index is 1.80. The molecule has 0 radical (unpaired) electrons. The number of anilines is 1. The number of benzene rings is 3. The molecule has 0 saturated heterocycles. The highest BCUT2D eigenvalue weighted by Gasteiger charge is 2.36. The summed E-state index contributed by atoms with van der Waals surface area (Å²) in [4.78, 5) is 50.2. The molecule has 3 aromatic carbocycles. The molecule has 0 saturated carbocycles. The van der Waals surface area contributed by atoms with E-state index in [-0.39, 0.29) is 24.9 Å². The Bertz CT molecular complexity index is 1330. The molecule has 2 amide bonds. The van der Waals surface area contributed by atoms with Crippen LogP contribution < -0.4 is 10.2 Å². The van der Waals surface area contributed by atoms with Crippen LogP contribution >= 0.6 is 7.37 Å². The van der Waals surface area contributed by atoms with Gasteiger partial charge in [-0.2, -0.15) is 0 Å². The molecule has 0 spiro atoms. The Morgan fingerprint density at radius 3 is 1.95 bits per heavy atom. The number of aliphatic carboxylic acids is 1. The van der Waals surface area contributed by atoms with E-state index in [0.717, 1.165) is 16.7 Å². The van der Waals surface area contributed by atoms with Crippen molar-refractivity contribution in [3.63, 3.8) is 0 Å². The average molecular weight is 565 g/mol. The fourth-order valence-electron chi connectivity index (χ4n) is 4.58. The summed E-state index contributed by atoms with van der Waals surface area (Å²) in [6, 6.07) is 24.5. The molecule has 3 rings (SSSR count). The van der Waals surface area contributed by atoms with Crippen LogP contribution in [0.5, 0.6) is 0 Å². The van der Waals surface area contributed by atoms with Crippen LogP contribution in [0.2, 0.25) is 0 Å². The van der Waals surface area contributed by atoms with Gasteiger partial charge in [0.25, 0.3) is 0 Å². The van der Waals surface area contributed by atoms with Gasteiger partial charge >= 0.3 is 5.97 Å². The Labute approximate surface area is 235 Å². The van der Waals surface area contributed by atoms with Crippen molar-refractivity contribution < 1.29 is 28.9 Å². The minimum absolute atomic E-state index is 0.00376. The van der Waals surface area contributed by atoms with E-state index in [1.165, 1.54) is 11.8 Å². The van der Waals surface area contributed by atoms with Crippen LogP contribution in [-0.4, -0.2) is 46.3 Å². The van der Waals surface area contributed by atoms with Gasteiger partial charge in [0.1, 0.15) is 6.04 Å². The van der Waals surface area contributed by atoms with Gasteiger partial charge < -0.3 is 15.3 Å². The zero-order valence-electron chi connectivity index (χ0n) is 23.1. The predicted octanol–water partition coefficient (Wildman–Crippen LogP) is 5.41. The lowest BCUT2D eigenvalue weighted by atomic mass is 9.96. The SMILES string of the molecule is CC(C)CC(CP(=O)(O)CNC(=O)Cc1ccccc1)C(=O)N(c1ccc(-c2ccccc2)cc1)[C@@H](C)C(=O)O. The highest BCUT2D eigenvalue weighted by atomic mass is 31.2. The van der Waals surface area contributed by atoms with Crippen LogP contribution in [0, 0.1) is 11.8 Å². The Kier molecular flexibility index (Phi) is 10.8. The molecule has 0 heterocycles. The summed E-state index contributed by atoms with van der Waals surface area (Å²) in [6.07, 6.45) is -0.494. The lowest BCUT2D eigenvalue weighted by Crippen LogP contribution is -2.47. The van der Waals surface area contributed by atoms with E-state index >= 15 is 0 Å². The third-order valence-corrected chi connectivity index (χ3v) is 8.24. The van der Waals surface area contributed by atoms with Crippen LogP contribution in [0.4, 0.5) is 5.69 Å². The smallest absolute Gasteiger partial charge is 0.326 e. The normalized spacial score (nSPS) is 14.1. The summed E-state index contributed by atoms with van der Waals surface area (Å²) in [5.41, 5.74) is 3.05. The monoisotopic (exact) mass is 564 g/mol. The Morgan fingerprint density at radius 1 is 0.850 bits per heavy atom. The van der Waals surface area contributed by atoms with E-state index in [4.69, 9.17) is 0 Å². The summed E-state index contributed by atoms with van der Waals surface area (Å²) in [7, 11) is -3.98. The zero-order chi connectivity index (χ0) is 29.3. The van der Waals surface area contributed by atoms with E-state index in [1.807, 2.05) is 62.4 Å². The van der Waals surface area contributed by atoms with Gasteiger partial charge in [0.05, 0.1) is 12.7 Å². The van der Waals surface area contributed by atoms with Crippen LogP contribution in [0.15, 0.2) is 84.9 Å². The number of carboxylic acids is 1. The number of nitrogens with zero attached hydrogens (tertiary/aromatic N) is 1. The second-order valence-corrected chi connectivity index (χ2v) is 12.8. The second kappa shape index (κ2) is 14.1. The highest BCUT2D eigenvalue weighted by Crippen LogP contribution is 2.43. The van der Waals surface area contributed by atoms with Crippen LogP contribution in [-0.2, 0) is 25.4 Å². The first-order chi connectivity index (χ1) is 19.0. The molecule has 0 aliphatic carbocycles. The third-order valence-electron chi connectivity index (χ3n) is 6.58. The molecule has 0 aromatic heterocycles. The Hall–Kier alpha value is -3.74. The van der Waals surface area contributed by atoms with Gasteiger partial charge in [0, 0.05) is 17.8 Å². The molecule has 0 aliphatic rings. The van der Waals surface area contributed by atoms with Crippen LogP contribution in [0.1, 0.15) is 32.8 Å². The van der Waals surface area contributed by atoms with E-state index in [1.54, 1.807) is 36.4 Å². The minimum Gasteiger partial charge on any atom is -0.480 e. The second-order valence-electron chi connectivity index (χ2n) is 10.4. The standard InChI is InChI=1S/C31H37N2O6P/c1-22(2)18-27(20-40(38,39)21-32-29(34)19-24-10-6-4-7-11-24)30(35)33(23(3)31(36)37)28-16-14-26(15-17-28)25-12-8-5-9-13-25/h4-17,22-23,27H,18-21H2,1-3H3,(H,32,34)(H,36,37)(H,38,39)/t23-,27?/m0/s1. The van der Waals surface area contributed by atoms with Gasteiger partial charge in [-0.1, -0.05) is 86.6 Å².